The van der Waals surface area contributed by atoms with Crippen molar-refractivity contribution < 1.29 is 23.1 Å². The molecule has 0 aliphatic carbocycles. The Morgan fingerprint density at radius 1 is 1.53 bits per heavy atom. The first-order valence-corrected chi connectivity index (χ1v) is 7.42. The van der Waals surface area contributed by atoms with Crippen LogP contribution in [0.5, 0.6) is 0 Å². The molecule has 1 fully saturated rings. The number of nitrogens with zero attached hydrogens (tertiary/aromatic N) is 1. The Bertz CT molecular complexity index is 354. The van der Waals surface area contributed by atoms with Crippen molar-refractivity contribution in [3.63, 3.8) is 0 Å². The lowest BCUT2D eigenvalue weighted by Gasteiger charge is -2.25. The fourth-order valence-corrected chi connectivity index (χ4v) is 3.80. The van der Waals surface area contributed by atoms with Gasteiger partial charge in [-0.1, -0.05) is 0 Å². The van der Waals surface area contributed by atoms with E-state index >= 15 is 0 Å². The van der Waals surface area contributed by atoms with Gasteiger partial charge in [-0.25, -0.2) is 8.42 Å². The molecule has 0 aromatic heterocycles. The van der Waals surface area contributed by atoms with E-state index in [1.807, 2.05) is 0 Å². The van der Waals surface area contributed by atoms with Crippen molar-refractivity contribution in [2.24, 2.45) is 0 Å². The van der Waals surface area contributed by atoms with Gasteiger partial charge in [-0.3, -0.25) is 9.69 Å². The summed E-state index contributed by atoms with van der Waals surface area (Å²) < 4.78 is 27.6. The van der Waals surface area contributed by atoms with Crippen LogP contribution in [0.25, 0.3) is 0 Å². The predicted molar refractivity (Wildman–Crippen MR) is 62.8 cm³/mol. The highest BCUT2D eigenvalue weighted by atomic mass is 32.2. The van der Waals surface area contributed by atoms with Crippen molar-refractivity contribution in [2.45, 2.75) is 18.9 Å². The molecule has 0 bridgehead atoms. The lowest BCUT2D eigenvalue weighted by atomic mass is 10.2. The molecular weight excluding hydrogens is 246 g/mol. The number of carbonyl (C=O) groups is 1. The molecule has 1 rings (SSSR count). The van der Waals surface area contributed by atoms with E-state index in [2.05, 4.69) is 0 Å². The van der Waals surface area contributed by atoms with E-state index in [4.69, 9.17) is 9.84 Å². The van der Waals surface area contributed by atoms with Crippen LogP contribution in [0, 0.1) is 0 Å². The van der Waals surface area contributed by atoms with Crippen LogP contribution in [0.15, 0.2) is 0 Å². The molecule has 0 aromatic carbocycles. The highest BCUT2D eigenvalue weighted by Gasteiger charge is 2.32. The molecule has 0 spiro atoms. The molecule has 1 aliphatic rings. The van der Waals surface area contributed by atoms with Gasteiger partial charge in [-0.05, 0) is 12.8 Å². The molecule has 0 saturated carbocycles. The zero-order valence-electron chi connectivity index (χ0n) is 9.96. The zero-order valence-corrected chi connectivity index (χ0v) is 10.8. The number of hydrogen-bond donors (Lipinski definition) is 1. The van der Waals surface area contributed by atoms with Crippen molar-refractivity contribution >= 4 is 15.8 Å². The van der Waals surface area contributed by atoms with Crippen molar-refractivity contribution in [1.29, 1.82) is 0 Å². The first-order valence-electron chi connectivity index (χ1n) is 5.60. The van der Waals surface area contributed by atoms with Gasteiger partial charge in [0.05, 0.1) is 18.1 Å². The van der Waals surface area contributed by atoms with Crippen molar-refractivity contribution in [3.05, 3.63) is 0 Å². The van der Waals surface area contributed by atoms with Gasteiger partial charge in [0, 0.05) is 26.3 Å². The summed E-state index contributed by atoms with van der Waals surface area (Å²) in [5, 5.41) is 8.81. The second kappa shape index (κ2) is 6.32. The number of methoxy groups -OCH3 is 1. The van der Waals surface area contributed by atoms with Crippen LogP contribution in [0.1, 0.15) is 12.8 Å². The highest BCUT2D eigenvalue weighted by molar-refractivity contribution is 7.91. The van der Waals surface area contributed by atoms with Gasteiger partial charge in [0.2, 0.25) is 0 Å². The van der Waals surface area contributed by atoms with E-state index in [0.717, 1.165) is 0 Å². The van der Waals surface area contributed by atoms with E-state index in [1.165, 1.54) is 0 Å². The summed E-state index contributed by atoms with van der Waals surface area (Å²) in [6.07, 6.45) is 1.24. The molecule has 100 valence electrons. The quantitative estimate of drug-likeness (QED) is 0.630. The van der Waals surface area contributed by atoms with Crippen LogP contribution in [-0.4, -0.2) is 68.7 Å². The molecule has 1 heterocycles. The van der Waals surface area contributed by atoms with Gasteiger partial charge in [-0.2, -0.15) is 0 Å². The average molecular weight is 265 g/mol. The second-order valence-electron chi connectivity index (χ2n) is 4.27. The fourth-order valence-electron chi connectivity index (χ4n) is 2.04. The van der Waals surface area contributed by atoms with E-state index in [-0.39, 0.29) is 24.1 Å². The minimum atomic E-state index is -2.97. The summed E-state index contributed by atoms with van der Waals surface area (Å²) >= 11 is 0. The van der Waals surface area contributed by atoms with E-state index in [1.54, 1.807) is 12.0 Å². The Balaban J connectivity index is 2.53. The monoisotopic (exact) mass is 265 g/mol. The van der Waals surface area contributed by atoms with Gasteiger partial charge in [0.1, 0.15) is 0 Å². The Kier molecular flexibility index (Phi) is 5.35. The zero-order chi connectivity index (χ0) is 12.9. The first-order chi connectivity index (χ1) is 7.94. The van der Waals surface area contributed by atoms with Crippen LogP contribution in [0.4, 0.5) is 0 Å². The van der Waals surface area contributed by atoms with E-state index in [9.17, 15) is 13.2 Å². The normalized spacial score (nSPS) is 23.1. The van der Waals surface area contributed by atoms with Gasteiger partial charge >= 0.3 is 5.97 Å². The van der Waals surface area contributed by atoms with Crippen molar-refractivity contribution in [1.82, 2.24) is 4.90 Å². The maximum atomic E-state index is 11.4. The number of ether oxygens (including phenoxy) is 1. The summed E-state index contributed by atoms with van der Waals surface area (Å²) in [5.41, 5.74) is 0. The third-order valence-electron chi connectivity index (χ3n) is 2.86. The molecule has 1 unspecified atom stereocenters. The minimum Gasteiger partial charge on any atom is -0.480 e. The SMILES string of the molecule is COCCCN(CC(=O)O)C1CCS(=O)(=O)C1. The molecule has 1 N–H and O–H groups in total. The molecule has 7 heteroatoms. The third kappa shape index (κ3) is 5.01. The predicted octanol–water partition coefficient (Wildman–Crippen LogP) is -0.403. The summed E-state index contributed by atoms with van der Waals surface area (Å²) in [6.45, 7) is 1.000. The average Bonchev–Trinajstić information content (AvgIpc) is 2.57. The third-order valence-corrected chi connectivity index (χ3v) is 4.61. The van der Waals surface area contributed by atoms with Gasteiger partial charge in [0.15, 0.2) is 9.84 Å². The van der Waals surface area contributed by atoms with E-state index < -0.39 is 15.8 Å². The van der Waals surface area contributed by atoms with Crippen LogP contribution >= 0.6 is 0 Å². The smallest absolute Gasteiger partial charge is 0.317 e. The van der Waals surface area contributed by atoms with Gasteiger partial charge in [0.25, 0.3) is 0 Å². The summed E-state index contributed by atoms with van der Waals surface area (Å²) in [6, 6.07) is -0.159. The number of carboxylic acid groups (broad SMARTS) is 1. The Labute approximate surface area is 101 Å². The number of hydrogen-bond acceptors (Lipinski definition) is 5. The molecule has 1 aliphatic heterocycles. The minimum absolute atomic E-state index is 0.0766. The Morgan fingerprint density at radius 3 is 2.71 bits per heavy atom. The molecule has 6 nitrogen and oxygen atoms in total. The first kappa shape index (κ1) is 14.4. The lowest BCUT2D eigenvalue weighted by Crippen LogP contribution is -2.40. The summed E-state index contributed by atoms with van der Waals surface area (Å²) in [4.78, 5) is 12.5. The van der Waals surface area contributed by atoms with Crippen LogP contribution < -0.4 is 0 Å². The maximum absolute atomic E-state index is 11.4. The number of sulfone groups is 1. The second-order valence-corrected chi connectivity index (χ2v) is 6.50. The van der Waals surface area contributed by atoms with Gasteiger partial charge in [-0.15, -0.1) is 0 Å². The van der Waals surface area contributed by atoms with Crippen LogP contribution in [0.3, 0.4) is 0 Å². The molecule has 0 radical (unpaired) electrons. The standard InChI is InChI=1S/C10H19NO5S/c1-16-5-2-4-11(7-10(12)13)9-3-6-17(14,15)8-9/h9H,2-8H2,1H3,(H,12,13). The topological polar surface area (TPSA) is 83.9 Å². The number of rotatable bonds is 7. The summed E-state index contributed by atoms with van der Waals surface area (Å²) in [7, 11) is -1.39. The summed E-state index contributed by atoms with van der Waals surface area (Å²) in [5.74, 6) is -0.683. The Hall–Kier alpha value is -0.660. The van der Waals surface area contributed by atoms with Crippen LogP contribution in [0.2, 0.25) is 0 Å². The lowest BCUT2D eigenvalue weighted by molar-refractivity contribution is -0.138. The molecular formula is C10H19NO5S. The highest BCUT2D eigenvalue weighted by Crippen LogP contribution is 2.17. The maximum Gasteiger partial charge on any atom is 0.317 e. The molecule has 1 saturated heterocycles. The van der Waals surface area contributed by atoms with E-state index in [0.29, 0.717) is 26.0 Å². The largest absolute Gasteiger partial charge is 0.480 e. The van der Waals surface area contributed by atoms with Crippen molar-refractivity contribution in [3.8, 4) is 0 Å². The number of aliphatic carboxylic acids is 1. The molecule has 1 atom stereocenters. The number of carboxylic acids is 1. The van der Waals surface area contributed by atoms with Gasteiger partial charge < -0.3 is 9.84 Å². The van der Waals surface area contributed by atoms with Crippen LogP contribution in [-0.2, 0) is 19.4 Å². The fraction of sp³-hybridized carbons (Fsp3) is 0.900. The molecule has 0 amide bonds. The van der Waals surface area contributed by atoms with Crippen molar-refractivity contribution in [2.75, 3.05) is 38.3 Å². The Morgan fingerprint density at radius 2 is 2.24 bits per heavy atom. The molecule has 0 aromatic rings. The molecule has 17 heavy (non-hydrogen) atoms.